The van der Waals surface area contributed by atoms with Gasteiger partial charge in [0.25, 0.3) is 0 Å². The fraction of sp³-hybridized carbons (Fsp3) is 0.348. The molecule has 11 heteroatoms. The van der Waals surface area contributed by atoms with Crippen LogP contribution in [0.3, 0.4) is 0 Å². The number of likely N-dealkylation sites (tertiary alicyclic amines) is 1. The number of methoxy groups -OCH3 is 2. The molecule has 0 saturated carbocycles. The molecule has 0 aliphatic carbocycles. The number of rotatable bonds is 9. The van der Waals surface area contributed by atoms with E-state index in [-0.39, 0.29) is 11.8 Å². The van der Waals surface area contributed by atoms with Gasteiger partial charge in [0.05, 0.1) is 26.0 Å². The number of thioether (sulfide) groups is 1. The van der Waals surface area contributed by atoms with E-state index in [0.717, 1.165) is 6.42 Å². The average molecular weight is 483 g/mol. The van der Waals surface area contributed by atoms with E-state index in [4.69, 9.17) is 9.47 Å². The minimum absolute atomic E-state index is 0.103. The second kappa shape index (κ2) is 10.6. The second-order valence-electron chi connectivity index (χ2n) is 7.69. The van der Waals surface area contributed by atoms with Gasteiger partial charge in [-0.2, -0.15) is 0 Å². The maximum Gasteiger partial charge on any atom is 0.237 e. The minimum Gasteiger partial charge on any atom is -0.497 e. The van der Waals surface area contributed by atoms with Crippen LogP contribution in [0, 0.1) is 0 Å². The van der Waals surface area contributed by atoms with Gasteiger partial charge in [-0.1, -0.05) is 17.8 Å². The van der Waals surface area contributed by atoms with Crippen molar-refractivity contribution >= 4 is 29.3 Å². The lowest BCUT2D eigenvalue weighted by atomic mass is 10.2. The summed E-state index contributed by atoms with van der Waals surface area (Å²) in [6.07, 6.45) is 3.07. The van der Waals surface area contributed by atoms with Gasteiger partial charge in [0.15, 0.2) is 11.0 Å². The van der Waals surface area contributed by atoms with Gasteiger partial charge < -0.3 is 19.7 Å². The second-order valence-corrected chi connectivity index (χ2v) is 9.00. The molecule has 4 rings (SSSR count). The van der Waals surface area contributed by atoms with Crippen molar-refractivity contribution < 1.29 is 19.1 Å². The van der Waals surface area contributed by atoms with Crippen molar-refractivity contribution in [3.63, 3.8) is 0 Å². The first-order valence-electron chi connectivity index (χ1n) is 10.8. The Balaban J connectivity index is 1.54. The van der Waals surface area contributed by atoms with Gasteiger partial charge in [-0.15, -0.1) is 10.2 Å². The van der Waals surface area contributed by atoms with Crippen LogP contribution in [-0.4, -0.2) is 62.5 Å². The molecule has 3 aromatic rings. The van der Waals surface area contributed by atoms with E-state index in [1.165, 1.54) is 11.8 Å². The van der Waals surface area contributed by atoms with Crippen molar-refractivity contribution in [2.24, 2.45) is 0 Å². The summed E-state index contributed by atoms with van der Waals surface area (Å²) in [5.41, 5.74) is 0.563. The summed E-state index contributed by atoms with van der Waals surface area (Å²) in [7, 11) is 3.10. The summed E-state index contributed by atoms with van der Waals surface area (Å²) in [5, 5.41) is 11.6. The third-order valence-electron chi connectivity index (χ3n) is 5.35. The van der Waals surface area contributed by atoms with Gasteiger partial charge in [0.2, 0.25) is 11.8 Å². The highest BCUT2D eigenvalue weighted by molar-refractivity contribution is 8.00. The number of nitrogens with zero attached hydrogens (tertiary/aromatic N) is 5. The summed E-state index contributed by atoms with van der Waals surface area (Å²) in [6.45, 7) is 2.82. The Morgan fingerprint density at radius 2 is 1.94 bits per heavy atom. The number of hydrogen-bond donors (Lipinski definition) is 1. The Kier molecular flexibility index (Phi) is 7.31. The number of anilines is 1. The van der Waals surface area contributed by atoms with E-state index in [1.54, 1.807) is 55.0 Å². The molecule has 2 amide bonds. The minimum atomic E-state index is -0.495. The lowest BCUT2D eigenvalue weighted by Gasteiger charge is -2.17. The topological polar surface area (TPSA) is 111 Å². The molecule has 1 aliphatic heterocycles. The van der Waals surface area contributed by atoms with Gasteiger partial charge in [-0.25, -0.2) is 4.98 Å². The Hall–Kier alpha value is -3.60. The fourth-order valence-corrected chi connectivity index (χ4v) is 4.45. The van der Waals surface area contributed by atoms with Crippen LogP contribution in [0.15, 0.2) is 47.8 Å². The van der Waals surface area contributed by atoms with Crippen molar-refractivity contribution in [3.05, 3.63) is 48.4 Å². The highest BCUT2D eigenvalue weighted by Gasteiger charge is 2.26. The van der Waals surface area contributed by atoms with Crippen molar-refractivity contribution in [1.82, 2.24) is 24.6 Å². The van der Waals surface area contributed by atoms with Crippen LogP contribution in [0.4, 0.5) is 5.69 Å². The molecule has 1 unspecified atom stereocenters. The number of aromatic nitrogens is 4. The number of benzene rings is 1. The zero-order valence-electron chi connectivity index (χ0n) is 19.2. The smallest absolute Gasteiger partial charge is 0.237 e. The van der Waals surface area contributed by atoms with Crippen molar-refractivity contribution in [2.45, 2.75) is 36.7 Å². The lowest BCUT2D eigenvalue weighted by Crippen LogP contribution is -2.26. The number of amides is 2. The molecule has 178 valence electrons. The molecule has 0 bridgehead atoms. The number of carbonyl (C=O) groups is 2. The summed E-state index contributed by atoms with van der Waals surface area (Å²) < 4.78 is 12.3. The van der Waals surface area contributed by atoms with E-state index in [1.807, 2.05) is 18.2 Å². The molecule has 2 aromatic heterocycles. The van der Waals surface area contributed by atoms with Crippen molar-refractivity contribution in [3.8, 4) is 17.3 Å². The molecule has 1 N–H and O–H groups in total. The van der Waals surface area contributed by atoms with Crippen molar-refractivity contribution in [2.75, 3.05) is 26.1 Å². The van der Waals surface area contributed by atoms with Crippen LogP contribution in [-0.2, 0) is 16.1 Å². The summed E-state index contributed by atoms with van der Waals surface area (Å²) in [5.74, 6) is 2.26. The Morgan fingerprint density at radius 1 is 1.18 bits per heavy atom. The molecule has 3 heterocycles. The van der Waals surface area contributed by atoms with E-state index in [2.05, 4.69) is 20.5 Å². The summed E-state index contributed by atoms with van der Waals surface area (Å²) >= 11 is 1.26. The SMILES string of the molecule is COc1cc(NC(=O)C(C)Sc2nnc(CN3CCCC3=O)n2-c2ccccn2)cc(OC)c1. The van der Waals surface area contributed by atoms with Gasteiger partial charge >= 0.3 is 0 Å². The van der Waals surface area contributed by atoms with Gasteiger partial charge in [-0.3, -0.25) is 14.2 Å². The lowest BCUT2D eigenvalue weighted by molar-refractivity contribution is -0.128. The van der Waals surface area contributed by atoms with Crippen LogP contribution in [0.1, 0.15) is 25.6 Å². The molecular weight excluding hydrogens is 456 g/mol. The normalized spacial score (nSPS) is 14.2. The molecule has 0 spiro atoms. The molecule has 1 fully saturated rings. The third kappa shape index (κ3) is 5.30. The van der Waals surface area contributed by atoms with E-state index >= 15 is 0 Å². The molecule has 0 radical (unpaired) electrons. The van der Waals surface area contributed by atoms with Crippen LogP contribution >= 0.6 is 11.8 Å². The highest BCUT2D eigenvalue weighted by atomic mass is 32.2. The Labute approximate surface area is 201 Å². The molecule has 34 heavy (non-hydrogen) atoms. The Morgan fingerprint density at radius 3 is 2.56 bits per heavy atom. The van der Waals surface area contributed by atoms with Gasteiger partial charge in [0.1, 0.15) is 17.3 Å². The predicted molar refractivity (Wildman–Crippen MR) is 127 cm³/mol. The summed E-state index contributed by atoms with van der Waals surface area (Å²) in [6, 6.07) is 10.7. The van der Waals surface area contributed by atoms with E-state index in [0.29, 0.717) is 53.5 Å². The maximum absolute atomic E-state index is 13.0. The van der Waals surface area contributed by atoms with Crippen molar-refractivity contribution in [1.29, 1.82) is 0 Å². The molecular formula is C23H26N6O4S. The maximum atomic E-state index is 13.0. The van der Waals surface area contributed by atoms with E-state index in [9.17, 15) is 9.59 Å². The Bertz CT molecular complexity index is 1150. The number of hydrogen-bond acceptors (Lipinski definition) is 8. The standard InChI is InChI=1S/C23H26N6O4S/c1-15(22(31)25-16-11-17(32-2)13-18(12-16)33-3)34-23-27-26-20(14-28-10-6-8-21(28)30)29(23)19-7-4-5-9-24-19/h4-5,7,9,11-13,15H,6,8,10,14H2,1-3H3,(H,25,31). The van der Waals surface area contributed by atoms with Gasteiger partial charge in [-0.05, 0) is 25.5 Å². The first kappa shape index (κ1) is 23.6. The quantitative estimate of drug-likeness (QED) is 0.464. The number of ether oxygens (including phenoxy) is 2. The van der Waals surface area contributed by atoms with Crippen LogP contribution in [0.25, 0.3) is 5.82 Å². The molecule has 1 saturated heterocycles. The monoisotopic (exact) mass is 482 g/mol. The highest BCUT2D eigenvalue weighted by Crippen LogP contribution is 2.29. The first-order valence-corrected chi connectivity index (χ1v) is 11.7. The predicted octanol–water partition coefficient (Wildman–Crippen LogP) is 2.92. The zero-order valence-corrected chi connectivity index (χ0v) is 20.0. The number of nitrogens with one attached hydrogen (secondary N) is 1. The fourth-order valence-electron chi connectivity index (χ4n) is 3.57. The molecule has 1 aromatic carbocycles. The van der Waals surface area contributed by atoms with Crippen LogP contribution in [0.5, 0.6) is 11.5 Å². The zero-order chi connectivity index (χ0) is 24.1. The van der Waals surface area contributed by atoms with Gasteiger partial charge in [0, 0.05) is 43.0 Å². The van der Waals surface area contributed by atoms with Crippen LogP contribution < -0.4 is 14.8 Å². The molecule has 10 nitrogen and oxygen atoms in total. The van der Waals surface area contributed by atoms with E-state index < -0.39 is 5.25 Å². The third-order valence-corrected chi connectivity index (χ3v) is 6.40. The summed E-state index contributed by atoms with van der Waals surface area (Å²) in [4.78, 5) is 31.3. The largest absolute Gasteiger partial charge is 0.497 e. The number of pyridine rings is 1. The molecule has 1 atom stereocenters. The first-order chi connectivity index (χ1) is 16.5. The van der Waals surface area contributed by atoms with Crippen LogP contribution in [0.2, 0.25) is 0 Å². The number of carbonyl (C=O) groups excluding carboxylic acids is 2. The average Bonchev–Trinajstić information content (AvgIpc) is 3.44. The molecule has 1 aliphatic rings.